The Hall–Kier alpha value is -2.60. The molecule has 2 N–H and O–H groups in total. The number of benzene rings is 1. The summed E-state index contributed by atoms with van der Waals surface area (Å²) < 4.78 is 5.53. The molecule has 0 aliphatic rings. The lowest BCUT2D eigenvalue weighted by molar-refractivity contribution is -0.128. The van der Waals surface area contributed by atoms with Crippen molar-refractivity contribution >= 4 is 29.2 Å². The van der Waals surface area contributed by atoms with Gasteiger partial charge in [-0.1, -0.05) is 38.1 Å². The lowest BCUT2D eigenvalue weighted by atomic mass is 10.0. The quantitative estimate of drug-likeness (QED) is 0.625. The van der Waals surface area contributed by atoms with Gasteiger partial charge in [0.2, 0.25) is 0 Å². The van der Waals surface area contributed by atoms with Gasteiger partial charge < -0.3 is 4.74 Å². The number of carbonyl (C=O) groups excluding carboxylic acids is 2. The van der Waals surface area contributed by atoms with Crippen LogP contribution in [0.1, 0.15) is 30.2 Å². The van der Waals surface area contributed by atoms with Gasteiger partial charge in [0.1, 0.15) is 5.75 Å². The second-order valence-electron chi connectivity index (χ2n) is 5.37. The van der Waals surface area contributed by atoms with Gasteiger partial charge in [-0.3, -0.25) is 20.4 Å². The van der Waals surface area contributed by atoms with Crippen molar-refractivity contribution in [3.8, 4) is 5.75 Å². The van der Waals surface area contributed by atoms with Gasteiger partial charge in [-0.15, -0.1) is 11.3 Å². The molecule has 126 valence electrons. The highest BCUT2D eigenvalue weighted by Crippen LogP contribution is 2.25. The minimum absolute atomic E-state index is 0.168. The van der Waals surface area contributed by atoms with Gasteiger partial charge in [-0.2, -0.15) is 0 Å². The number of thiophene rings is 1. The summed E-state index contributed by atoms with van der Waals surface area (Å²) in [5.41, 5.74) is 5.67. The van der Waals surface area contributed by atoms with Crippen LogP contribution in [0.25, 0.3) is 6.08 Å². The molecule has 1 aromatic carbocycles. The predicted octanol–water partition coefficient (Wildman–Crippen LogP) is 3.11. The number of carbonyl (C=O) groups is 2. The molecule has 0 saturated carbocycles. The minimum atomic E-state index is -0.425. The summed E-state index contributed by atoms with van der Waals surface area (Å²) in [6.45, 7) is 3.95. The smallest absolute Gasteiger partial charge is 0.276 e. The van der Waals surface area contributed by atoms with Crippen molar-refractivity contribution in [2.45, 2.75) is 19.8 Å². The number of ether oxygens (including phenoxy) is 1. The van der Waals surface area contributed by atoms with Crippen LogP contribution >= 0.6 is 11.3 Å². The van der Waals surface area contributed by atoms with E-state index in [4.69, 9.17) is 4.74 Å². The van der Waals surface area contributed by atoms with Crippen molar-refractivity contribution < 1.29 is 14.3 Å². The zero-order valence-corrected chi connectivity index (χ0v) is 14.4. The van der Waals surface area contributed by atoms with Crippen LogP contribution in [0.4, 0.5) is 0 Å². The SMILES string of the molecule is CC(C)c1ccccc1OCC(=O)NNC(=O)/C=C/c1cccs1. The molecule has 0 fully saturated rings. The maximum atomic E-state index is 11.8. The van der Waals surface area contributed by atoms with E-state index in [0.717, 1.165) is 10.4 Å². The van der Waals surface area contributed by atoms with E-state index in [1.165, 1.54) is 17.4 Å². The number of hydrazine groups is 1. The fraction of sp³-hybridized carbons (Fsp3) is 0.222. The van der Waals surface area contributed by atoms with Gasteiger partial charge in [-0.05, 0) is 35.1 Å². The molecule has 2 aromatic rings. The summed E-state index contributed by atoms with van der Waals surface area (Å²) in [5, 5.41) is 1.92. The summed E-state index contributed by atoms with van der Waals surface area (Å²) in [5.74, 6) is 0.142. The molecule has 0 aliphatic heterocycles. The lowest BCUT2D eigenvalue weighted by Gasteiger charge is -2.13. The Morgan fingerprint density at radius 2 is 1.96 bits per heavy atom. The molecule has 0 unspecified atom stereocenters. The molecule has 0 spiro atoms. The average Bonchev–Trinajstić information content (AvgIpc) is 3.10. The van der Waals surface area contributed by atoms with Crippen molar-refractivity contribution in [3.63, 3.8) is 0 Å². The summed E-state index contributed by atoms with van der Waals surface area (Å²) in [4.78, 5) is 24.3. The Kier molecular flexibility index (Phi) is 6.57. The van der Waals surface area contributed by atoms with E-state index in [9.17, 15) is 9.59 Å². The fourth-order valence-electron chi connectivity index (χ4n) is 1.99. The Balaban J connectivity index is 1.77. The normalized spacial score (nSPS) is 10.8. The maximum Gasteiger partial charge on any atom is 0.276 e. The molecule has 1 heterocycles. The van der Waals surface area contributed by atoms with Crippen molar-refractivity contribution in [1.29, 1.82) is 0 Å². The van der Waals surface area contributed by atoms with Gasteiger partial charge in [-0.25, -0.2) is 0 Å². The van der Waals surface area contributed by atoms with Crippen molar-refractivity contribution in [2.75, 3.05) is 6.61 Å². The van der Waals surface area contributed by atoms with Gasteiger partial charge >= 0.3 is 0 Å². The minimum Gasteiger partial charge on any atom is -0.483 e. The molecular weight excluding hydrogens is 324 g/mol. The number of rotatable bonds is 6. The Bertz CT molecular complexity index is 709. The first-order valence-corrected chi connectivity index (χ1v) is 8.46. The fourth-order valence-corrected chi connectivity index (χ4v) is 2.60. The van der Waals surface area contributed by atoms with Gasteiger partial charge in [0.15, 0.2) is 6.61 Å². The first-order valence-electron chi connectivity index (χ1n) is 7.58. The molecule has 0 saturated heterocycles. The van der Waals surface area contributed by atoms with E-state index in [2.05, 4.69) is 24.7 Å². The van der Waals surface area contributed by atoms with Crippen LogP contribution in [0.15, 0.2) is 47.9 Å². The molecule has 6 heteroatoms. The Morgan fingerprint density at radius 1 is 1.17 bits per heavy atom. The summed E-state index contributed by atoms with van der Waals surface area (Å²) in [6, 6.07) is 11.4. The van der Waals surface area contributed by atoms with Crippen LogP contribution in [0.3, 0.4) is 0 Å². The molecule has 2 amide bonds. The Morgan fingerprint density at radius 3 is 2.67 bits per heavy atom. The first kappa shape index (κ1) is 17.7. The second-order valence-corrected chi connectivity index (χ2v) is 6.35. The summed E-state index contributed by atoms with van der Waals surface area (Å²) in [6.07, 6.45) is 3.04. The largest absolute Gasteiger partial charge is 0.483 e. The Labute approximate surface area is 145 Å². The molecule has 0 atom stereocenters. The van der Waals surface area contributed by atoms with Crippen LogP contribution in [0, 0.1) is 0 Å². The van der Waals surface area contributed by atoms with E-state index in [1.807, 2.05) is 41.8 Å². The molecule has 5 nitrogen and oxygen atoms in total. The van der Waals surface area contributed by atoms with Crippen molar-refractivity contribution in [3.05, 3.63) is 58.3 Å². The first-order chi connectivity index (χ1) is 11.6. The number of hydrogen-bond donors (Lipinski definition) is 2. The molecule has 1 aromatic heterocycles. The van der Waals surface area contributed by atoms with E-state index in [1.54, 1.807) is 6.08 Å². The van der Waals surface area contributed by atoms with Crippen LogP contribution in [0.5, 0.6) is 5.75 Å². The van der Waals surface area contributed by atoms with Gasteiger partial charge in [0, 0.05) is 11.0 Å². The highest BCUT2D eigenvalue weighted by atomic mass is 32.1. The third-order valence-corrected chi connectivity index (χ3v) is 4.00. The number of amides is 2. The van der Waals surface area contributed by atoms with Gasteiger partial charge in [0.25, 0.3) is 11.8 Å². The number of hydrogen-bond acceptors (Lipinski definition) is 4. The van der Waals surface area contributed by atoms with E-state index in [-0.39, 0.29) is 6.61 Å². The maximum absolute atomic E-state index is 11.8. The molecular formula is C18H20N2O3S. The second kappa shape index (κ2) is 8.88. The lowest BCUT2D eigenvalue weighted by Crippen LogP contribution is -2.43. The highest BCUT2D eigenvalue weighted by Gasteiger charge is 2.09. The molecule has 0 aliphatic carbocycles. The van der Waals surface area contributed by atoms with E-state index in [0.29, 0.717) is 11.7 Å². The molecule has 0 bridgehead atoms. The van der Waals surface area contributed by atoms with Crippen LogP contribution in [-0.4, -0.2) is 18.4 Å². The van der Waals surface area contributed by atoms with E-state index >= 15 is 0 Å². The predicted molar refractivity (Wildman–Crippen MR) is 95.7 cm³/mol. The standard InChI is InChI=1S/C18H20N2O3S/c1-13(2)15-7-3-4-8-16(15)23-12-18(22)20-19-17(21)10-9-14-6-5-11-24-14/h3-11,13H,12H2,1-2H3,(H,19,21)(H,20,22)/b10-9+. The topological polar surface area (TPSA) is 67.4 Å². The number of nitrogens with one attached hydrogen (secondary N) is 2. The molecule has 24 heavy (non-hydrogen) atoms. The highest BCUT2D eigenvalue weighted by molar-refractivity contribution is 7.10. The third-order valence-electron chi connectivity index (χ3n) is 3.17. The van der Waals surface area contributed by atoms with E-state index < -0.39 is 11.8 Å². The van der Waals surface area contributed by atoms with Crippen molar-refractivity contribution in [2.24, 2.45) is 0 Å². The summed E-state index contributed by atoms with van der Waals surface area (Å²) >= 11 is 1.52. The van der Waals surface area contributed by atoms with Gasteiger partial charge in [0.05, 0.1) is 0 Å². The average molecular weight is 344 g/mol. The monoisotopic (exact) mass is 344 g/mol. The number of para-hydroxylation sites is 1. The third kappa shape index (κ3) is 5.55. The summed E-state index contributed by atoms with van der Waals surface area (Å²) in [7, 11) is 0. The molecule has 0 radical (unpaired) electrons. The zero-order valence-electron chi connectivity index (χ0n) is 13.6. The van der Waals surface area contributed by atoms with Crippen LogP contribution < -0.4 is 15.6 Å². The van der Waals surface area contributed by atoms with Crippen LogP contribution in [-0.2, 0) is 9.59 Å². The van der Waals surface area contributed by atoms with Crippen LogP contribution in [0.2, 0.25) is 0 Å². The molecule has 2 rings (SSSR count). The zero-order chi connectivity index (χ0) is 17.4. The van der Waals surface area contributed by atoms with Crippen molar-refractivity contribution in [1.82, 2.24) is 10.9 Å².